The van der Waals surface area contributed by atoms with E-state index in [1.807, 2.05) is 0 Å². The molecule has 1 aromatic carbocycles. The van der Waals surface area contributed by atoms with Crippen LogP contribution in [0.2, 0.25) is 0 Å². The van der Waals surface area contributed by atoms with Crippen LogP contribution in [0.5, 0.6) is 0 Å². The number of halogens is 5. The fraction of sp³-hybridized carbons (Fsp3) is 0.250. The molecule has 1 unspecified atom stereocenters. The lowest BCUT2D eigenvalue weighted by Gasteiger charge is -2.16. The summed E-state index contributed by atoms with van der Waals surface area (Å²) in [6.45, 7) is -0.175. The largest absolute Gasteiger partial charge is 0.419 e. The topological polar surface area (TPSA) is 73.0 Å². The summed E-state index contributed by atoms with van der Waals surface area (Å²) in [5.41, 5.74) is -1.19. The van der Waals surface area contributed by atoms with Crippen LogP contribution in [0.25, 0.3) is 27.7 Å². The number of aromatic nitrogens is 4. The van der Waals surface area contributed by atoms with Crippen molar-refractivity contribution in [1.82, 2.24) is 24.2 Å². The van der Waals surface area contributed by atoms with Crippen molar-refractivity contribution >= 4 is 16.8 Å². The van der Waals surface area contributed by atoms with Crippen LogP contribution in [0, 0.1) is 5.82 Å². The molecule has 0 spiro atoms. The van der Waals surface area contributed by atoms with Gasteiger partial charge in [-0.05, 0) is 36.2 Å². The molecule has 0 bridgehead atoms. The highest BCUT2D eigenvalue weighted by Crippen LogP contribution is 2.36. The van der Waals surface area contributed by atoms with Crippen LogP contribution in [0.4, 0.5) is 22.0 Å². The number of hydrogen-bond acceptors (Lipinski definition) is 4. The number of pyridine rings is 1. The Hall–Kier alpha value is -4.09. The molecule has 1 atom stereocenters. The molecular formula is C24H18F5N5O2. The number of fused-ring (bicyclic) bond motifs is 1. The second-order valence-electron chi connectivity index (χ2n) is 8.44. The van der Waals surface area contributed by atoms with Gasteiger partial charge >= 0.3 is 6.18 Å². The van der Waals surface area contributed by atoms with Gasteiger partial charge in [-0.15, -0.1) is 0 Å². The summed E-state index contributed by atoms with van der Waals surface area (Å²) in [5, 5.41) is 7.54. The zero-order valence-electron chi connectivity index (χ0n) is 18.5. The fourth-order valence-electron chi connectivity index (χ4n) is 4.37. The van der Waals surface area contributed by atoms with E-state index in [0.29, 0.717) is 23.3 Å². The van der Waals surface area contributed by atoms with Gasteiger partial charge in [-0.3, -0.25) is 9.59 Å². The number of amides is 1. The van der Waals surface area contributed by atoms with E-state index in [1.54, 1.807) is 16.7 Å². The summed E-state index contributed by atoms with van der Waals surface area (Å²) in [5.74, 6) is -1.88. The van der Waals surface area contributed by atoms with Gasteiger partial charge in [0.15, 0.2) is 0 Å². The molecule has 36 heavy (non-hydrogen) atoms. The van der Waals surface area contributed by atoms with Gasteiger partial charge in [0.25, 0.3) is 5.56 Å². The molecule has 0 aliphatic carbocycles. The average molecular weight is 503 g/mol. The second-order valence-corrected chi connectivity index (χ2v) is 8.44. The maximum atomic E-state index is 14.0. The van der Waals surface area contributed by atoms with Gasteiger partial charge in [-0.1, -0.05) is 6.07 Å². The van der Waals surface area contributed by atoms with Gasteiger partial charge in [0.2, 0.25) is 5.91 Å². The number of nitrogens with zero attached hydrogens (tertiary/aromatic N) is 5. The Kier molecular flexibility index (Phi) is 5.81. The highest BCUT2D eigenvalue weighted by molar-refractivity contribution is 5.96. The smallest absolute Gasteiger partial charge is 0.338 e. The fourth-order valence-corrected chi connectivity index (χ4v) is 4.37. The van der Waals surface area contributed by atoms with Gasteiger partial charge in [-0.2, -0.15) is 23.4 Å². The van der Waals surface area contributed by atoms with E-state index < -0.39 is 35.2 Å². The van der Waals surface area contributed by atoms with Gasteiger partial charge in [0, 0.05) is 24.5 Å². The molecule has 0 radical (unpaired) electrons. The molecule has 4 heterocycles. The monoisotopic (exact) mass is 503 g/mol. The lowest BCUT2D eigenvalue weighted by molar-refractivity contribution is -0.140. The van der Waals surface area contributed by atoms with E-state index in [9.17, 15) is 31.5 Å². The van der Waals surface area contributed by atoms with Crippen LogP contribution in [0.3, 0.4) is 0 Å². The van der Waals surface area contributed by atoms with Crippen LogP contribution in [0.15, 0.2) is 59.9 Å². The van der Waals surface area contributed by atoms with Crippen molar-refractivity contribution in [2.75, 3.05) is 13.1 Å². The van der Waals surface area contributed by atoms with Crippen LogP contribution in [-0.2, 0) is 17.5 Å². The number of carbonyl (C=O) groups is 1. The van der Waals surface area contributed by atoms with Gasteiger partial charge in [0.05, 0.1) is 41.1 Å². The van der Waals surface area contributed by atoms with Gasteiger partial charge in [-0.25, -0.2) is 8.78 Å². The molecule has 4 aromatic rings. The molecule has 186 valence electrons. The van der Waals surface area contributed by atoms with E-state index in [4.69, 9.17) is 0 Å². The molecule has 0 saturated carbocycles. The average Bonchev–Trinajstić information content (AvgIpc) is 3.45. The number of rotatable bonds is 4. The lowest BCUT2D eigenvalue weighted by Crippen LogP contribution is -2.35. The van der Waals surface area contributed by atoms with Crippen molar-refractivity contribution in [2.24, 2.45) is 0 Å². The van der Waals surface area contributed by atoms with Crippen molar-refractivity contribution in [1.29, 1.82) is 0 Å². The van der Waals surface area contributed by atoms with E-state index in [2.05, 4.69) is 10.2 Å². The number of carbonyl (C=O) groups excluding carboxylic acids is 1. The number of alkyl halides is 4. The summed E-state index contributed by atoms with van der Waals surface area (Å²) in [7, 11) is 0. The number of hydrogen-bond donors (Lipinski definition) is 0. The summed E-state index contributed by atoms with van der Waals surface area (Å²) in [6.07, 6.45) is -0.172. The molecule has 12 heteroatoms. The Morgan fingerprint density at radius 1 is 1.14 bits per heavy atom. The molecule has 1 aliphatic rings. The van der Waals surface area contributed by atoms with Crippen molar-refractivity contribution in [3.8, 4) is 16.8 Å². The Bertz CT molecular complexity index is 1510. The Balaban J connectivity index is 1.68. The van der Waals surface area contributed by atoms with Crippen molar-refractivity contribution in [3.63, 3.8) is 0 Å². The quantitative estimate of drug-likeness (QED) is 0.395. The van der Waals surface area contributed by atoms with E-state index in [0.717, 1.165) is 10.6 Å². The van der Waals surface area contributed by atoms with Gasteiger partial charge in [0.1, 0.15) is 18.5 Å². The standard InChI is InChI=1S/C24H18F5N5O2/c25-15-4-7-32(11-15)21(35)13-33-8-5-20-22(23(33)36)17(12-34(20)16-3-6-30-31-10-16)14-1-2-19(26)18(9-14)24(27,28)29/h1-3,5-6,8-10,12,15H,4,7,11,13H2. The molecule has 0 N–H and O–H groups in total. The first-order valence-electron chi connectivity index (χ1n) is 10.9. The van der Waals surface area contributed by atoms with Gasteiger partial charge < -0.3 is 14.0 Å². The third kappa shape index (κ3) is 4.23. The number of likely N-dealkylation sites (tertiary alicyclic amines) is 1. The summed E-state index contributed by atoms with van der Waals surface area (Å²) >= 11 is 0. The first kappa shape index (κ1) is 23.6. The third-order valence-corrected chi connectivity index (χ3v) is 6.15. The second kappa shape index (κ2) is 8.85. The normalized spacial score (nSPS) is 16.1. The molecule has 1 saturated heterocycles. The predicted octanol–water partition coefficient (Wildman–Crippen LogP) is 3.98. The Morgan fingerprint density at radius 2 is 1.94 bits per heavy atom. The lowest BCUT2D eigenvalue weighted by atomic mass is 10.0. The minimum Gasteiger partial charge on any atom is -0.338 e. The molecule has 1 aliphatic heterocycles. The summed E-state index contributed by atoms with van der Waals surface area (Å²) in [4.78, 5) is 27.5. The van der Waals surface area contributed by atoms with Crippen LogP contribution in [0.1, 0.15) is 12.0 Å². The highest BCUT2D eigenvalue weighted by atomic mass is 19.4. The minimum absolute atomic E-state index is 0.0320. The summed E-state index contributed by atoms with van der Waals surface area (Å²) in [6, 6.07) is 5.64. The van der Waals surface area contributed by atoms with E-state index in [1.165, 1.54) is 29.7 Å². The molecule has 5 rings (SSSR count). The zero-order valence-corrected chi connectivity index (χ0v) is 18.5. The van der Waals surface area contributed by atoms with Crippen LogP contribution < -0.4 is 5.56 Å². The first-order chi connectivity index (χ1) is 17.1. The molecule has 1 amide bonds. The predicted molar refractivity (Wildman–Crippen MR) is 120 cm³/mol. The minimum atomic E-state index is -4.94. The van der Waals surface area contributed by atoms with E-state index >= 15 is 0 Å². The maximum absolute atomic E-state index is 14.0. The Labute approximate surface area is 200 Å². The van der Waals surface area contributed by atoms with Crippen molar-refractivity contribution < 1.29 is 26.7 Å². The molecule has 3 aromatic heterocycles. The van der Waals surface area contributed by atoms with Crippen molar-refractivity contribution in [2.45, 2.75) is 25.3 Å². The highest BCUT2D eigenvalue weighted by Gasteiger charge is 2.34. The first-order valence-corrected chi connectivity index (χ1v) is 10.9. The SMILES string of the molecule is O=C(Cn1ccc2c(c(-c3ccc(F)c(C(F)(F)F)c3)cn2-c2ccnnc2)c1=O)N1CCC(F)C1. The third-order valence-electron chi connectivity index (χ3n) is 6.15. The molecule has 1 fully saturated rings. The van der Waals surface area contributed by atoms with E-state index in [-0.39, 0.29) is 42.6 Å². The van der Waals surface area contributed by atoms with Crippen LogP contribution in [-0.4, -0.2) is 49.4 Å². The molecule has 7 nitrogen and oxygen atoms in total. The molecular weight excluding hydrogens is 485 g/mol. The maximum Gasteiger partial charge on any atom is 0.419 e. The van der Waals surface area contributed by atoms with Crippen molar-refractivity contribution in [3.05, 3.63) is 76.9 Å². The zero-order chi connectivity index (χ0) is 25.6. The van der Waals surface area contributed by atoms with Crippen LogP contribution >= 0.6 is 0 Å². The summed E-state index contributed by atoms with van der Waals surface area (Å²) < 4.78 is 70.3. The Morgan fingerprint density at radius 3 is 2.61 bits per heavy atom. The number of benzene rings is 1.